The summed E-state index contributed by atoms with van der Waals surface area (Å²) in [5, 5.41) is 10.2. The zero-order valence-electron chi connectivity index (χ0n) is 9.54. The van der Waals surface area contributed by atoms with Crippen LogP contribution in [0.3, 0.4) is 0 Å². The molecule has 1 aliphatic heterocycles. The molecule has 2 rings (SSSR count). The molecule has 1 aliphatic rings. The maximum Gasteiger partial charge on any atom is 0.125 e. The van der Waals surface area contributed by atoms with Gasteiger partial charge in [0.05, 0.1) is 0 Å². The summed E-state index contributed by atoms with van der Waals surface area (Å²) < 4.78 is 0. The van der Waals surface area contributed by atoms with E-state index in [1.165, 1.54) is 0 Å². The Labute approximate surface area is 90.5 Å². The van der Waals surface area contributed by atoms with Gasteiger partial charge >= 0.3 is 0 Å². The van der Waals surface area contributed by atoms with Gasteiger partial charge in [-0.3, -0.25) is 0 Å². The molecule has 0 spiro atoms. The fraction of sp³-hybridized carbons (Fsp3) is 0.500. The maximum absolute atomic E-state index is 10.2. The van der Waals surface area contributed by atoms with Crippen molar-refractivity contribution in [3.05, 3.63) is 23.3 Å². The molecule has 1 aromatic carbocycles. The molecule has 0 amide bonds. The Bertz CT molecular complexity index is 393. The Morgan fingerprint density at radius 3 is 2.67 bits per heavy atom. The normalized spacial score (nSPS) is 15.6. The molecule has 15 heavy (non-hydrogen) atoms. The van der Waals surface area contributed by atoms with Crippen LogP contribution in [-0.4, -0.2) is 18.7 Å². The van der Waals surface area contributed by atoms with E-state index in [-0.39, 0.29) is 0 Å². The number of aromatic hydroxyl groups is 1. The third kappa shape index (κ3) is 1.57. The van der Waals surface area contributed by atoms with Gasteiger partial charge in [-0.25, -0.2) is 0 Å². The molecule has 0 fully saturated rings. The van der Waals surface area contributed by atoms with E-state index in [0.717, 1.165) is 29.8 Å². The molecule has 0 aliphatic carbocycles. The molecular formula is C12H18N2O. The minimum Gasteiger partial charge on any atom is -0.507 e. The van der Waals surface area contributed by atoms with Gasteiger partial charge in [0.2, 0.25) is 0 Å². The molecular weight excluding hydrogens is 188 g/mol. The van der Waals surface area contributed by atoms with E-state index in [4.69, 9.17) is 5.73 Å². The first-order chi connectivity index (χ1) is 6.91. The van der Waals surface area contributed by atoms with Gasteiger partial charge in [0.25, 0.3) is 0 Å². The van der Waals surface area contributed by atoms with E-state index in [1.54, 1.807) is 0 Å². The average Bonchev–Trinajstić information content (AvgIpc) is 2.47. The Hall–Kier alpha value is -1.22. The summed E-state index contributed by atoms with van der Waals surface area (Å²) in [5.41, 5.74) is 8.52. The third-order valence-corrected chi connectivity index (χ3v) is 3.06. The molecule has 0 aromatic heterocycles. The second-order valence-electron chi connectivity index (χ2n) is 4.85. The molecule has 3 N–H and O–H groups in total. The van der Waals surface area contributed by atoms with E-state index in [9.17, 15) is 5.11 Å². The molecule has 0 bridgehead atoms. The van der Waals surface area contributed by atoms with Crippen molar-refractivity contribution in [2.24, 2.45) is 5.73 Å². The van der Waals surface area contributed by atoms with Gasteiger partial charge < -0.3 is 15.7 Å². The number of likely N-dealkylation sites (N-methyl/N-ethyl adjacent to an activating group) is 1. The van der Waals surface area contributed by atoms with Crippen LogP contribution in [-0.2, 0) is 12.0 Å². The largest absolute Gasteiger partial charge is 0.507 e. The number of nitrogens with zero attached hydrogens (tertiary/aromatic N) is 1. The fourth-order valence-corrected chi connectivity index (χ4v) is 2.15. The number of hydrogen-bond acceptors (Lipinski definition) is 3. The number of fused-ring (bicyclic) bond motifs is 1. The maximum atomic E-state index is 10.2. The molecule has 0 saturated heterocycles. The van der Waals surface area contributed by atoms with Crippen LogP contribution in [0.15, 0.2) is 12.1 Å². The van der Waals surface area contributed by atoms with Gasteiger partial charge in [-0.2, -0.15) is 0 Å². The lowest BCUT2D eigenvalue weighted by atomic mass is 9.92. The highest BCUT2D eigenvalue weighted by Gasteiger charge is 2.26. The van der Waals surface area contributed by atoms with Crippen LogP contribution in [0.25, 0.3) is 0 Å². The Balaban J connectivity index is 2.56. The number of hydrogen-bond donors (Lipinski definition) is 2. The molecule has 82 valence electrons. The first-order valence-corrected chi connectivity index (χ1v) is 5.26. The Morgan fingerprint density at radius 1 is 1.40 bits per heavy atom. The topological polar surface area (TPSA) is 49.5 Å². The summed E-state index contributed by atoms with van der Waals surface area (Å²) in [6, 6.07) is 3.97. The van der Waals surface area contributed by atoms with Crippen LogP contribution < -0.4 is 10.6 Å². The van der Waals surface area contributed by atoms with Crippen LogP contribution in [0.5, 0.6) is 5.75 Å². The number of anilines is 1. The molecule has 0 radical (unpaired) electrons. The number of phenolic OH excluding ortho intramolecular Hbond substituents is 1. The molecule has 0 unspecified atom stereocenters. The van der Waals surface area contributed by atoms with Crippen molar-refractivity contribution in [1.29, 1.82) is 0 Å². The van der Waals surface area contributed by atoms with E-state index < -0.39 is 5.54 Å². The second kappa shape index (κ2) is 3.14. The minimum atomic E-state index is -0.486. The highest BCUT2D eigenvalue weighted by molar-refractivity contribution is 5.65. The van der Waals surface area contributed by atoms with E-state index in [2.05, 4.69) is 4.90 Å². The first kappa shape index (κ1) is 10.3. The van der Waals surface area contributed by atoms with E-state index in [1.807, 2.05) is 33.0 Å². The lowest BCUT2D eigenvalue weighted by Crippen LogP contribution is -2.28. The Kier molecular flexibility index (Phi) is 2.15. The summed E-state index contributed by atoms with van der Waals surface area (Å²) in [6.45, 7) is 4.79. The molecule has 3 nitrogen and oxygen atoms in total. The number of phenols is 1. The summed E-state index contributed by atoms with van der Waals surface area (Å²) in [4.78, 5) is 2.16. The Morgan fingerprint density at radius 2 is 2.07 bits per heavy atom. The van der Waals surface area contributed by atoms with Crippen LogP contribution >= 0.6 is 0 Å². The van der Waals surface area contributed by atoms with Gasteiger partial charge in [-0.05, 0) is 26.3 Å². The number of nitrogens with two attached hydrogens (primary N) is 1. The number of rotatable bonds is 1. The monoisotopic (exact) mass is 206 g/mol. The van der Waals surface area contributed by atoms with Crippen molar-refractivity contribution in [3.8, 4) is 5.75 Å². The lowest BCUT2D eigenvalue weighted by molar-refractivity contribution is 0.436. The third-order valence-electron chi connectivity index (χ3n) is 3.06. The van der Waals surface area contributed by atoms with Gasteiger partial charge in [-0.15, -0.1) is 0 Å². The van der Waals surface area contributed by atoms with E-state index in [0.29, 0.717) is 5.75 Å². The smallest absolute Gasteiger partial charge is 0.125 e. The van der Waals surface area contributed by atoms with E-state index >= 15 is 0 Å². The lowest BCUT2D eigenvalue weighted by Gasteiger charge is -2.22. The van der Waals surface area contributed by atoms with Gasteiger partial charge in [0, 0.05) is 35.9 Å². The SMILES string of the molecule is CN1CCc2c1ccc(C(C)(C)N)c2O. The highest BCUT2D eigenvalue weighted by Crippen LogP contribution is 2.39. The molecule has 0 saturated carbocycles. The predicted molar refractivity (Wildman–Crippen MR) is 62.3 cm³/mol. The number of benzene rings is 1. The average molecular weight is 206 g/mol. The first-order valence-electron chi connectivity index (χ1n) is 5.26. The van der Waals surface area contributed by atoms with Crippen LogP contribution in [0.2, 0.25) is 0 Å². The van der Waals surface area contributed by atoms with Crippen molar-refractivity contribution < 1.29 is 5.11 Å². The van der Waals surface area contributed by atoms with Crippen molar-refractivity contribution in [1.82, 2.24) is 0 Å². The standard InChI is InChI=1S/C12H18N2O/c1-12(2,13)9-4-5-10-8(11(9)15)6-7-14(10)3/h4-5,15H,6-7,13H2,1-3H3. The summed E-state index contributed by atoms with van der Waals surface area (Å²) >= 11 is 0. The van der Waals surface area contributed by atoms with Crippen LogP contribution in [0.1, 0.15) is 25.0 Å². The molecule has 1 heterocycles. The quantitative estimate of drug-likeness (QED) is 0.733. The fourth-order valence-electron chi connectivity index (χ4n) is 2.15. The van der Waals surface area contributed by atoms with Gasteiger partial charge in [-0.1, -0.05) is 6.07 Å². The minimum absolute atomic E-state index is 0.379. The van der Waals surface area contributed by atoms with Crippen molar-refractivity contribution in [2.75, 3.05) is 18.5 Å². The van der Waals surface area contributed by atoms with Crippen molar-refractivity contribution in [2.45, 2.75) is 25.8 Å². The molecule has 3 heteroatoms. The summed E-state index contributed by atoms with van der Waals surface area (Å²) in [6.07, 6.45) is 0.904. The van der Waals surface area contributed by atoms with Crippen molar-refractivity contribution >= 4 is 5.69 Å². The zero-order valence-corrected chi connectivity index (χ0v) is 9.54. The van der Waals surface area contributed by atoms with Crippen LogP contribution in [0.4, 0.5) is 5.69 Å². The molecule has 1 aromatic rings. The predicted octanol–water partition coefficient (Wildman–Crippen LogP) is 1.58. The summed E-state index contributed by atoms with van der Waals surface area (Å²) in [7, 11) is 2.04. The highest BCUT2D eigenvalue weighted by atomic mass is 16.3. The molecule has 0 atom stereocenters. The zero-order chi connectivity index (χ0) is 11.2. The van der Waals surface area contributed by atoms with Crippen molar-refractivity contribution in [3.63, 3.8) is 0 Å². The summed E-state index contributed by atoms with van der Waals surface area (Å²) in [5.74, 6) is 0.379. The van der Waals surface area contributed by atoms with Gasteiger partial charge in [0.1, 0.15) is 5.75 Å². The second-order valence-corrected chi connectivity index (χ2v) is 4.85. The van der Waals surface area contributed by atoms with Gasteiger partial charge in [0.15, 0.2) is 0 Å². The van der Waals surface area contributed by atoms with Crippen LogP contribution in [0, 0.1) is 0 Å².